The molecule has 0 unspecified atom stereocenters. The third kappa shape index (κ3) is 3.34. The predicted molar refractivity (Wildman–Crippen MR) is 74.0 cm³/mol. The summed E-state index contributed by atoms with van der Waals surface area (Å²) in [6, 6.07) is 4.27. The maximum Gasteiger partial charge on any atom is 1.00 e. The number of phenolic OH excluding ortho intramolecular Hbond substituents is 1. The number of hydrogen-bond acceptors (Lipinski definition) is 4. The minimum absolute atomic E-state index is 0. The van der Waals surface area contributed by atoms with Crippen molar-refractivity contribution < 1.29 is 66.3 Å². The van der Waals surface area contributed by atoms with Crippen molar-refractivity contribution >= 4 is 9.84 Å². The number of aromatic nitrogens is 2. The Morgan fingerprint density at radius 3 is 2.35 bits per heavy atom. The van der Waals surface area contributed by atoms with E-state index in [1.165, 1.54) is 18.2 Å². The Morgan fingerprint density at radius 1 is 1.30 bits per heavy atom. The van der Waals surface area contributed by atoms with Crippen molar-refractivity contribution in [3.05, 3.63) is 29.5 Å². The van der Waals surface area contributed by atoms with Crippen LogP contribution < -0.4 is 51.4 Å². The third-order valence-corrected chi connectivity index (χ3v) is 4.28. The normalized spacial score (nSPS) is 11.2. The Bertz CT molecular complexity index is 757. The van der Waals surface area contributed by atoms with Crippen molar-refractivity contribution in [2.75, 3.05) is 6.26 Å². The van der Waals surface area contributed by atoms with Gasteiger partial charge in [-0.3, -0.25) is 4.68 Å². The number of benzene rings is 1. The Hall–Kier alpha value is -0.184. The van der Waals surface area contributed by atoms with Gasteiger partial charge in [0, 0.05) is 18.9 Å². The van der Waals surface area contributed by atoms with Crippen molar-refractivity contribution in [3.63, 3.8) is 0 Å². The molecule has 0 saturated heterocycles. The van der Waals surface area contributed by atoms with E-state index in [1.807, 2.05) is 13.8 Å². The second kappa shape index (κ2) is 6.29. The summed E-state index contributed by atoms with van der Waals surface area (Å²) in [6.07, 6.45) is 1.14. The first-order valence-corrected chi connectivity index (χ1v) is 7.64. The number of hydrogen-bond donors (Lipinski definition) is 1. The van der Waals surface area contributed by atoms with Crippen LogP contribution in [0.4, 0.5) is 0 Å². The Morgan fingerprint density at radius 2 is 1.90 bits per heavy atom. The van der Waals surface area contributed by atoms with Gasteiger partial charge >= 0.3 is 51.4 Å². The van der Waals surface area contributed by atoms with E-state index in [4.69, 9.17) is 0 Å². The molecule has 1 aromatic heterocycles. The van der Waals surface area contributed by atoms with Crippen molar-refractivity contribution in [2.24, 2.45) is 7.05 Å². The number of aryl methyl sites for hydroxylation is 2. The third-order valence-electron chi connectivity index (χ3n) is 3.17. The summed E-state index contributed by atoms with van der Waals surface area (Å²) < 4.78 is 24.8. The van der Waals surface area contributed by atoms with Gasteiger partial charge in [0.1, 0.15) is 5.75 Å². The average molecular weight is 320 g/mol. The van der Waals surface area contributed by atoms with E-state index in [0.29, 0.717) is 5.56 Å². The molecular formula is C13H17KN2O3S. The fraction of sp³-hybridized carbons (Fsp3) is 0.308. The van der Waals surface area contributed by atoms with Gasteiger partial charge in [-0.25, -0.2) is 8.42 Å². The molecule has 2 aromatic rings. The van der Waals surface area contributed by atoms with Gasteiger partial charge in [0.05, 0.1) is 16.3 Å². The van der Waals surface area contributed by atoms with Crippen LogP contribution in [0.1, 0.15) is 12.7 Å². The van der Waals surface area contributed by atoms with E-state index in [2.05, 4.69) is 5.10 Å². The van der Waals surface area contributed by atoms with Crippen molar-refractivity contribution in [1.82, 2.24) is 9.78 Å². The van der Waals surface area contributed by atoms with E-state index >= 15 is 0 Å². The van der Waals surface area contributed by atoms with Crippen LogP contribution in [0.15, 0.2) is 23.1 Å². The number of aromatic hydroxyl groups is 1. The smallest absolute Gasteiger partial charge is 1.00 e. The molecule has 0 spiro atoms. The maximum absolute atomic E-state index is 11.6. The molecule has 20 heavy (non-hydrogen) atoms. The molecule has 0 saturated carbocycles. The van der Waals surface area contributed by atoms with Gasteiger partial charge in [-0.05, 0) is 37.6 Å². The average Bonchev–Trinajstić information content (AvgIpc) is 2.53. The molecule has 2 rings (SSSR count). The summed E-state index contributed by atoms with van der Waals surface area (Å²) in [7, 11) is -1.54. The molecule has 104 valence electrons. The van der Waals surface area contributed by atoms with Crippen LogP contribution in [0.3, 0.4) is 0 Å². The van der Waals surface area contributed by atoms with Gasteiger partial charge in [0.25, 0.3) is 0 Å². The first-order chi connectivity index (χ1) is 8.71. The molecule has 0 aliphatic carbocycles. The van der Waals surface area contributed by atoms with Crippen molar-refractivity contribution in [1.29, 1.82) is 0 Å². The minimum Gasteiger partial charge on any atom is -1.00 e. The van der Waals surface area contributed by atoms with Gasteiger partial charge < -0.3 is 6.53 Å². The zero-order valence-corrected chi connectivity index (χ0v) is 16.2. The minimum atomic E-state index is -3.31. The molecule has 0 amide bonds. The predicted octanol–water partition coefficient (Wildman–Crippen LogP) is -1.07. The fourth-order valence-corrected chi connectivity index (χ4v) is 2.72. The van der Waals surface area contributed by atoms with Gasteiger partial charge in [0.15, 0.2) is 9.84 Å². The first-order valence-electron chi connectivity index (χ1n) is 5.75. The van der Waals surface area contributed by atoms with Crippen LogP contribution >= 0.6 is 0 Å². The summed E-state index contributed by atoms with van der Waals surface area (Å²) in [5.74, 6) is 0.0403. The Kier molecular flexibility index (Phi) is 5.62. The molecule has 1 N–H and O–H groups in total. The molecule has 1 aromatic carbocycles. The molecule has 0 atom stereocenters. The molecule has 7 heteroatoms. The van der Waals surface area contributed by atoms with Gasteiger partial charge in [-0.1, -0.05) is 0 Å². The topological polar surface area (TPSA) is 72.2 Å². The maximum atomic E-state index is 11.6. The molecule has 0 fully saturated rings. The molecule has 0 aliphatic rings. The number of rotatable bonds is 2. The fourth-order valence-electron chi connectivity index (χ4n) is 2.08. The Labute approximate surface area is 162 Å². The second-order valence-corrected chi connectivity index (χ2v) is 6.65. The molecule has 0 aliphatic heterocycles. The van der Waals surface area contributed by atoms with Gasteiger partial charge in [0.2, 0.25) is 0 Å². The van der Waals surface area contributed by atoms with Gasteiger partial charge in [-0.2, -0.15) is 5.10 Å². The van der Waals surface area contributed by atoms with Crippen LogP contribution in [-0.2, 0) is 16.9 Å². The zero-order chi connectivity index (χ0) is 14.4. The quantitative estimate of drug-likeness (QED) is 0.715. The van der Waals surface area contributed by atoms with Crippen LogP contribution in [-0.4, -0.2) is 29.6 Å². The van der Waals surface area contributed by atoms with Crippen LogP contribution in [0, 0.1) is 13.8 Å². The Balaban J connectivity index is 0.00000200. The molecule has 0 bridgehead atoms. The zero-order valence-electron chi connectivity index (χ0n) is 13.3. The van der Waals surface area contributed by atoms with Gasteiger partial charge in [-0.15, -0.1) is 0 Å². The van der Waals surface area contributed by atoms with Crippen molar-refractivity contribution in [2.45, 2.75) is 18.7 Å². The first kappa shape index (κ1) is 17.9. The van der Waals surface area contributed by atoms with E-state index in [-0.39, 0.29) is 63.5 Å². The number of sulfone groups is 1. The summed E-state index contributed by atoms with van der Waals surface area (Å²) >= 11 is 0. The van der Waals surface area contributed by atoms with Crippen LogP contribution in [0.2, 0.25) is 0 Å². The standard InChI is InChI=1S/C13H16N2O3S.K.H/c1-8-9(2)14-15(3)13(8)11-7-10(19(4,17)18)5-6-12(11)16;;/h5-7,16H,1-4H3;;/q;+1;-1. The monoisotopic (exact) mass is 320 g/mol. The molecular weight excluding hydrogens is 303 g/mol. The molecule has 0 radical (unpaired) electrons. The number of nitrogens with zero attached hydrogens (tertiary/aromatic N) is 2. The molecule has 5 nitrogen and oxygen atoms in total. The number of phenols is 1. The van der Waals surface area contributed by atoms with Crippen molar-refractivity contribution in [3.8, 4) is 17.0 Å². The largest absolute Gasteiger partial charge is 1.00 e. The van der Waals surface area contributed by atoms with E-state index in [1.54, 1.807) is 11.7 Å². The van der Waals surface area contributed by atoms with Crippen LogP contribution in [0.5, 0.6) is 5.75 Å². The molecule has 1 heterocycles. The summed E-state index contributed by atoms with van der Waals surface area (Å²) in [6.45, 7) is 3.76. The van der Waals surface area contributed by atoms with Crippen LogP contribution in [0.25, 0.3) is 11.3 Å². The van der Waals surface area contributed by atoms with E-state index in [0.717, 1.165) is 23.2 Å². The summed E-state index contributed by atoms with van der Waals surface area (Å²) in [5.41, 5.74) is 2.97. The van der Waals surface area contributed by atoms with E-state index < -0.39 is 9.84 Å². The van der Waals surface area contributed by atoms with E-state index in [9.17, 15) is 13.5 Å². The summed E-state index contributed by atoms with van der Waals surface area (Å²) in [5, 5.41) is 14.3. The SMILES string of the molecule is Cc1nn(C)c(-c2cc(S(C)(=O)=O)ccc2O)c1C.[H-].[K+]. The second-order valence-electron chi connectivity index (χ2n) is 4.63. The summed E-state index contributed by atoms with van der Waals surface area (Å²) in [4.78, 5) is 0.179.